The van der Waals surface area contributed by atoms with Gasteiger partial charge >= 0.3 is 0 Å². The van der Waals surface area contributed by atoms with Crippen molar-refractivity contribution in [3.63, 3.8) is 0 Å². The second-order valence-electron chi connectivity index (χ2n) is 3.96. The predicted octanol–water partition coefficient (Wildman–Crippen LogP) is 2.04. The zero-order valence-corrected chi connectivity index (χ0v) is 10.9. The summed E-state index contributed by atoms with van der Waals surface area (Å²) >= 11 is 0. The van der Waals surface area contributed by atoms with Gasteiger partial charge in [0, 0.05) is 25.9 Å². The molecule has 0 fully saturated rings. The lowest BCUT2D eigenvalue weighted by Crippen LogP contribution is -2.29. The number of aromatic nitrogens is 1. The maximum Gasteiger partial charge on any atom is 0.147 e. The van der Waals surface area contributed by atoms with Gasteiger partial charge in [0.1, 0.15) is 11.9 Å². The average Bonchev–Trinajstić information content (AvgIpc) is 2.29. The van der Waals surface area contributed by atoms with Crippen molar-refractivity contribution < 1.29 is 4.74 Å². The second kappa shape index (κ2) is 6.21. The minimum Gasteiger partial charge on any atom is -0.383 e. The van der Waals surface area contributed by atoms with E-state index in [1.165, 1.54) is 0 Å². The molecule has 4 heteroatoms. The molecule has 92 valence electrons. The maximum absolute atomic E-state index is 9.21. The van der Waals surface area contributed by atoms with Gasteiger partial charge in [-0.25, -0.2) is 4.98 Å². The van der Waals surface area contributed by atoms with Crippen LogP contribution < -0.4 is 4.90 Å². The Morgan fingerprint density at radius 2 is 2.18 bits per heavy atom. The van der Waals surface area contributed by atoms with Crippen molar-refractivity contribution in [2.24, 2.45) is 0 Å². The number of anilines is 1. The van der Waals surface area contributed by atoms with E-state index in [9.17, 15) is 5.26 Å². The first-order valence-electron chi connectivity index (χ1n) is 5.76. The summed E-state index contributed by atoms with van der Waals surface area (Å²) in [5, 5.41) is 9.21. The van der Waals surface area contributed by atoms with Gasteiger partial charge in [0.15, 0.2) is 0 Å². The highest BCUT2D eigenvalue weighted by atomic mass is 16.5. The summed E-state index contributed by atoms with van der Waals surface area (Å²) < 4.78 is 5.08. The molecule has 0 aliphatic heterocycles. The van der Waals surface area contributed by atoms with Crippen molar-refractivity contribution in [1.82, 2.24) is 4.98 Å². The molecule has 0 amide bonds. The molecule has 0 saturated carbocycles. The zero-order valence-electron chi connectivity index (χ0n) is 10.9. The molecule has 0 atom stereocenters. The Morgan fingerprint density at radius 3 is 2.71 bits per heavy atom. The Morgan fingerprint density at radius 1 is 1.47 bits per heavy atom. The molecule has 0 bridgehead atoms. The van der Waals surface area contributed by atoms with Crippen LogP contribution in [0.5, 0.6) is 0 Å². The Balaban J connectivity index is 3.13. The summed E-state index contributed by atoms with van der Waals surface area (Å²) in [6.07, 6.45) is 0. The van der Waals surface area contributed by atoms with Crippen LogP contribution in [0.15, 0.2) is 6.07 Å². The molecule has 4 nitrogen and oxygen atoms in total. The largest absolute Gasteiger partial charge is 0.383 e. The highest BCUT2D eigenvalue weighted by molar-refractivity contribution is 5.58. The molecule has 0 radical (unpaired) electrons. The van der Waals surface area contributed by atoms with E-state index >= 15 is 0 Å². The first-order chi connectivity index (χ1) is 8.13. The third kappa shape index (κ3) is 3.18. The zero-order chi connectivity index (χ0) is 12.8. The number of aryl methyl sites for hydroxylation is 2. The van der Waals surface area contributed by atoms with E-state index < -0.39 is 0 Å². The van der Waals surface area contributed by atoms with Crippen LogP contribution in [0.3, 0.4) is 0 Å². The van der Waals surface area contributed by atoms with Crippen LogP contribution in [0.2, 0.25) is 0 Å². The van der Waals surface area contributed by atoms with Crippen molar-refractivity contribution in [1.29, 1.82) is 5.26 Å². The fraction of sp³-hybridized carbons (Fsp3) is 0.538. The first-order valence-corrected chi connectivity index (χ1v) is 5.76. The predicted molar refractivity (Wildman–Crippen MR) is 68.2 cm³/mol. The third-order valence-electron chi connectivity index (χ3n) is 2.68. The normalized spacial score (nSPS) is 10.1. The van der Waals surface area contributed by atoms with Crippen LogP contribution >= 0.6 is 0 Å². The smallest absolute Gasteiger partial charge is 0.147 e. The maximum atomic E-state index is 9.21. The quantitative estimate of drug-likeness (QED) is 0.781. The molecule has 1 rings (SSSR count). The van der Waals surface area contributed by atoms with E-state index in [-0.39, 0.29) is 0 Å². The van der Waals surface area contributed by atoms with Gasteiger partial charge < -0.3 is 9.64 Å². The van der Waals surface area contributed by atoms with E-state index in [4.69, 9.17) is 4.74 Å². The number of rotatable bonds is 5. The van der Waals surface area contributed by atoms with Crippen molar-refractivity contribution >= 4 is 5.82 Å². The van der Waals surface area contributed by atoms with Gasteiger partial charge in [-0.1, -0.05) is 0 Å². The standard InChI is InChI=1S/C13H19N3O/c1-5-16(6-7-17-4)13-12(9-14)10(2)8-11(3)15-13/h8H,5-7H2,1-4H3. The van der Waals surface area contributed by atoms with Gasteiger partial charge in [-0.2, -0.15) is 5.26 Å². The Labute approximate surface area is 103 Å². The number of likely N-dealkylation sites (N-methyl/N-ethyl adjacent to an activating group) is 1. The van der Waals surface area contributed by atoms with Crippen LogP contribution in [-0.2, 0) is 4.74 Å². The van der Waals surface area contributed by atoms with Crippen molar-refractivity contribution in [2.75, 3.05) is 31.7 Å². The molecule has 0 spiro atoms. The molecule has 1 heterocycles. The van der Waals surface area contributed by atoms with Gasteiger partial charge in [-0.05, 0) is 32.4 Å². The van der Waals surface area contributed by atoms with Crippen LogP contribution in [-0.4, -0.2) is 31.8 Å². The van der Waals surface area contributed by atoms with Gasteiger partial charge in [0.05, 0.1) is 12.2 Å². The number of pyridine rings is 1. The number of ether oxygens (including phenoxy) is 1. The highest BCUT2D eigenvalue weighted by Gasteiger charge is 2.14. The van der Waals surface area contributed by atoms with E-state index in [2.05, 4.69) is 22.9 Å². The van der Waals surface area contributed by atoms with Crippen molar-refractivity contribution in [3.8, 4) is 6.07 Å². The lowest BCUT2D eigenvalue weighted by atomic mass is 10.1. The van der Waals surface area contributed by atoms with Gasteiger partial charge in [-0.15, -0.1) is 0 Å². The lowest BCUT2D eigenvalue weighted by Gasteiger charge is -2.23. The lowest BCUT2D eigenvalue weighted by molar-refractivity contribution is 0.205. The topological polar surface area (TPSA) is 49.1 Å². The number of nitriles is 1. The fourth-order valence-corrected chi connectivity index (χ4v) is 1.80. The minimum atomic E-state index is 0.632. The van der Waals surface area contributed by atoms with Gasteiger partial charge in [0.25, 0.3) is 0 Å². The summed E-state index contributed by atoms with van der Waals surface area (Å²) in [5.41, 5.74) is 2.58. The Hall–Kier alpha value is -1.60. The number of methoxy groups -OCH3 is 1. The number of hydrogen-bond acceptors (Lipinski definition) is 4. The molecule has 0 unspecified atom stereocenters. The molecule has 0 aliphatic rings. The molecular weight excluding hydrogens is 214 g/mol. The fourth-order valence-electron chi connectivity index (χ4n) is 1.80. The second-order valence-corrected chi connectivity index (χ2v) is 3.96. The molecule has 0 aromatic carbocycles. The summed E-state index contributed by atoms with van der Waals surface area (Å²) in [7, 11) is 1.67. The van der Waals surface area contributed by atoms with Gasteiger partial charge in [-0.3, -0.25) is 0 Å². The van der Waals surface area contributed by atoms with Crippen LogP contribution in [0.1, 0.15) is 23.7 Å². The van der Waals surface area contributed by atoms with Crippen molar-refractivity contribution in [2.45, 2.75) is 20.8 Å². The molecule has 1 aromatic rings. The van der Waals surface area contributed by atoms with E-state index in [0.29, 0.717) is 12.2 Å². The minimum absolute atomic E-state index is 0.632. The SMILES string of the molecule is CCN(CCOC)c1nc(C)cc(C)c1C#N. The highest BCUT2D eigenvalue weighted by Crippen LogP contribution is 2.21. The van der Waals surface area contributed by atoms with Crippen LogP contribution in [0.25, 0.3) is 0 Å². The van der Waals surface area contributed by atoms with Gasteiger partial charge in [0.2, 0.25) is 0 Å². The average molecular weight is 233 g/mol. The van der Waals surface area contributed by atoms with Crippen LogP contribution in [0.4, 0.5) is 5.82 Å². The summed E-state index contributed by atoms with van der Waals surface area (Å²) in [6, 6.07) is 4.17. The molecule has 1 aromatic heterocycles. The van der Waals surface area contributed by atoms with Crippen LogP contribution in [0, 0.1) is 25.2 Å². The van der Waals surface area contributed by atoms with E-state index in [1.807, 2.05) is 19.9 Å². The summed E-state index contributed by atoms with van der Waals surface area (Å²) in [5.74, 6) is 0.768. The molecule has 17 heavy (non-hydrogen) atoms. The molecule has 0 saturated heterocycles. The first kappa shape index (κ1) is 13.5. The van der Waals surface area contributed by atoms with E-state index in [0.717, 1.165) is 30.2 Å². The molecule has 0 N–H and O–H groups in total. The monoisotopic (exact) mass is 233 g/mol. The number of nitrogens with zero attached hydrogens (tertiary/aromatic N) is 3. The third-order valence-corrected chi connectivity index (χ3v) is 2.68. The summed E-state index contributed by atoms with van der Waals surface area (Å²) in [6.45, 7) is 8.14. The number of hydrogen-bond donors (Lipinski definition) is 0. The van der Waals surface area contributed by atoms with E-state index in [1.54, 1.807) is 7.11 Å². The van der Waals surface area contributed by atoms with Crippen molar-refractivity contribution in [3.05, 3.63) is 22.9 Å². The molecular formula is C13H19N3O. The Bertz CT molecular complexity index is 423. The molecule has 0 aliphatic carbocycles. The summed E-state index contributed by atoms with van der Waals surface area (Å²) in [4.78, 5) is 6.55. The Kier molecular flexibility index (Phi) is 4.92.